The van der Waals surface area contributed by atoms with Gasteiger partial charge in [0.05, 0.1) is 0 Å². The van der Waals surface area contributed by atoms with Gasteiger partial charge in [-0.25, -0.2) is 4.98 Å². The summed E-state index contributed by atoms with van der Waals surface area (Å²) < 4.78 is 5.54. The number of hydrogen-bond acceptors (Lipinski definition) is 3. The molecule has 4 nitrogen and oxygen atoms in total. The van der Waals surface area contributed by atoms with Gasteiger partial charge in [0.25, 0.3) is 5.91 Å². The summed E-state index contributed by atoms with van der Waals surface area (Å²) in [5.74, 6) is 0.396. The Kier molecular flexibility index (Phi) is 4.03. The zero-order chi connectivity index (χ0) is 16.4. The fourth-order valence-corrected chi connectivity index (χ4v) is 3.44. The molecule has 1 fully saturated rings. The Balaban J connectivity index is 1.62. The van der Waals surface area contributed by atoms with E-state index in [0.717, 1.165) is 29.2 Å². The van der Waals surface area contributed by atoms with Crippen LogP contribution in [-0.4, -0.2) is 16.9 Å². The zero-order valence-electron chi connectivity index (χ0n) is 13.5. The molecule has 0 radical (unpaired) electrons. The van der Waals surface area contributed by atoms with Gasteiger partial charge in [0.1, 0.15) is 0 Å². The standard InChI is InChI=1S/C20H20N2O2/c23-20(22-17-8-2-1-3-9-17)18-19(24-13-21-18)16-11-10-14-6-4-5-7-15(14)12-16/h4-7,10-13,17H,1-3,8-9H2,(H,22,23). The lowest BCUT2D eigenvalue weighted by atomic mass is 9.95. The van der Waals surface area contributed by atoms with Gasteiger partial charge in [-0.3, -0.25) is 4.79 Å². The summed E-state index contributed by atoms with van der Waals surface area (Å²) >= 11 is 0. The van der Waals surface area contributed by atoms with E-state index in [1.807, 2.05) is 30.3 Å². The number of nitrogens with one attached hydrogen (secondary N) is 1. The van der Waals surface area contributed by atoms with Crippen molar-refractivity contribution in [1.29, 1.82) is 0 Å². The van der Waals surface area contributed by atoms with Gasteiger partial charge in [0, 0.05) is 11.6 Å². The first-order valence-corrected chi connectivity index (χ1v) is 8.55. The molecule has 0 saturated heterocycles. The highest BCUT2D eigenvalue weighted by Gasteiger charge is 2.22. The molecule has 1 amide bonds. The van der Waals surface area contributed by atoms with Crippen LogP contribution >= 0.6 is 0 Å². The summed E-state index contributed by atoms with van der Waals surface area (Å²) in [7, 11) is 0. The second-order valence-electron chi connectivity index (χ2n) is 6.40. The number of fused-ring (bicyclic) bond motifs is 1. The molecule has 0 unspecified atom stereocenters. The second kappa shape index (κ2) is 6.48. The molecule has 122 valence electrons. The van der Waals surface area contributed by atoms with Crippen molar-refractivity contribution in [1.82, 2.24) is 10.3 Å². The van der Waals surface area contributed by atoms with Crippen molar-refractivity contribution in [3.05, 3.63) is 54.6 Å². The van der Waals surface area contributed by atoms with Crippen LogP contribution in [0, 0.1) is 0 Å². The summed E-state index contributed by atoms with van der Waals surface area (Å²) in [6.45, 7) is 0. The highest BCUT2D eigenvalue weighted by Crippen LogP contribution is 2.27. The van der Waals surface area contributed by atoms with Crippen LogP contribution in [0.3, 0.4) is 0 Å². The lowest BCUT2D eigenvalue weighted by molar-refractivity contribution is 0.0923. The minimum Gasteiger partial charge on any atom is -0.443 e. The van der Waals surface area contributed by atoms with Crippen LogP contribution in [0.25, 0.3) is 22.1 Å². The molecule has 4 heteroatoms. The summed E-state index contributed by atoms with van der Waals surface area (Å²) in [6, 6.07) is 14.4. The molecule has 1 heterocycles. The summed E-state index contributed by atoms with van der Waals surface area (Å²) in [5.41, 5.74) is 1.25. The first-order valence-electron chi connectivity index (χ1n) is 8.55. The maximum absolute atomic E-state index is 12.6. The SMILES string of the molecule is O=C(NC1CCCCC1)c1ncoc1-c1ccc2ccccc2c1. The fourth-order valence-electron chi connectivity index (χ4n) is 3.44. The van der Waals surface area contributed by atoms with Crippen LogP contribution < -0.4 is 5.32 Å². The molecular weight excluding hydrogens is 300 g/mol. The number of carbonyl (C=O) groups is 1. The smallest absolute Gasteiger partial charge is 0.274 e. The Labute approximate surface area is 140 Å². The first-order chi connectivity index (χ1) is 11.8. The molecule has 1 aliphatic rings. The number of aromatic nitrogens is 1. The van der Waals surface area contributed by atoms with Crippen LogP contribution in [0.15, 0.2) is 53.3 Å². The topological polar surface area (TPSA) is 55.1 Å². The third kappa shape index (κ3) is 2.92. The summed E-state index contributed by atoms with van der Waals surface area (Å²) in [6.07, 6.45) is 7.07. The Hall–Kier alpha value is -2.62. The van der Waals surface area contributed by atoms with E-state index in [4.69, 9.17) is 4.42 Å². The molecule has 1 N–H and O–H groups in total. The van der Waals surface area contributed by atoms with Crippen molar-refractivity contribution in [3.63, 3.8) is 0 Å². The monoisotopic (exact) mass is 320 g/mol. The number of rotatable bonds is 3. The van der Waals surface area contributed by atoms with Crippen molar-refractivity contribution in [2.75, 3.05) is 0 Å². The van der Waals surface area contributed by atoms with Crippen LogP contribution in [0.1, 0.15) is 42.6 Å². The number of amides is 1. The van der Waals surface area contributed by atoms with Crippen molar-refractivity contribution in [2.24, 2.45) is 0 Å². The number of hydrogen-bond donors (Lipinski definition) is 1. The molecule has 1 saturated carbocycles. The molecule has 0 bridgehead atoms. The van der Waals surface area contributed by atoms with E-state index in [1.165, 1.54) is 25.7 Å². The molecule has 4 rings (SSSR count). The minimum absolute atomic E-state index is 0.140. The second-order valence-corrected chi connectivity index (χ2v) is 6.40. The van der Waals surface area contributed by atoms with Crippen molar-refractivity contribution in [2.45, 2.75) is 38.1 Å². The third-order valence-electron chi connectivity index (χ3n) is 4.73. The van der Waals surface area contributed by atoms with Crippen LogP contribution in [0.2, 0.25) is 0 Å². The highest BCUT2D eigenvalue weighted by molar-refractivity contribution is 5.98. The summed E-state index contributed by atoms with van der Waals surface area (Å²) in [4.78, 5) is 16.8. The van der Waals surface area contributed by atoms with E-state index >= 15 is 0 Å². The van der Waals surface area contributed by atoms with Crippen molar-refractivity contribution in [3.8, 4) is 11.3 Å². The molecule has 1 aromatic heterocycles. The number of nitrogens with zero attached hydrogens (tertiary/aromatic N) is 1. The van der Waals surface area contributed by atoms with E-state index in [0.29, 0.717) is 11.5 Å². The van der Waals surface area contributed by atoms with Crippen LogP contribution in [-0.2, 0) is 0 Å². The molecule has 0 atom stereocenters. The molecular formula is C20H20N2O2. The zero-order valence-corrected chi connectivity index (χ0v) is 13.5. The van der Waals surface area contributed by atoms with Crippen LogP contribution in [0.5, 0.6) is 0 Å². The van der Waals surface area contributed by atoms with Gasteiger partial charge >= 0.3 is 0 Å². The van der Waals surface area contributed by atoms with Crippen molar-refractivity contribution < 1.29 is 9.21 Å². The van der Waals surface area contributed by atoms with Gasteiger partial charge in [-0.15, -0.1) is 0 Å². The van der Waals surface area contributed by atoms with E-state index < -0.39 is 0 Å². The molecule has 0 aliphatic heterocycles. The predicted octanol–water partition coefficient (Wildman–Crippen LogP) is 4.56. The van der Waals surface area contributed by atoms with Gasteiger partial charge in [-0.1, -0.05) is 55.7 Å². The summed E-state index contributed by atoms with van der Waals surface area (Å²) in [5, 5.41) is 5.38. The van der Waals surface area contributed by atoms with Crippen molar-refractivity contribution >= 4 is 16.7 Å². The minimum atomic E-state index is -0.140. The average Bonchev–Trinajstić information content (AvgIpc) is 3.12. The van der Waals surface area contributed by atoms with E-state index in [-0.39, 0.29) is 11.9 Å². The highest BCUT2D eigenvalue weighted by atomic mass is 16.3. The predicted molar refractivity (Wildman–Crippen MR) is 93.8 cm³/mol. The van der Waals surface area contributed by atoms with E-state index in [9.17, 15) is 4.79 Å². The largest absolute Gasteiger partial charge is 0.443 e. The Morgan fingerprint density at radius 1 is 1.04 bits per heavy atom. The Bertz CT molecular complexity index is 863. The molecule has 1 aliphatic carbocycles. The van der Waals surface area contributed by atoms with E-state index in [2.05, 4.69) is 22.4 Å². The fraction of sp³-hybridized carbons (Fsp3) is 0.300. The van der Waals surface area contributed by atoms with Gasteiger partial charge in [-0.05, 0) is 29.7 Å². The number of carbonyl (C=O) groups excluding carboxylic acids is 1. The molecule has 24 heavy (non-hydrogen) atoms. The van der Waals surface area contributed by atoms with Gasteiger partial charge in [0.2, 0.25) is 0 Å². The molecule has 2 aromatic carbocycles. The van der Waals surface area contributed by atoms with Gasteiger partial charge in [-0.2, -0.15) is 0 Å². The van der Waals surface area contributed by atoms with E-state index in [1.54, 1.807) is 0 Å². The lowest BCUT2D eigenvalue weighted by Crippen LogP contribution is -2.36. The molecule has 0 spiro atoms. The quantitative estimate of drug-likeness (QED) is 0.770. The first kappa shape index (κ1) is 14.9. The lowest BCUT2D eigenvalue weighted by Gasteiger charge is -2.22. The number of benzene rings is 2. The molecule has 3 aromatic rings. The van der Waals surface area contributed by atoms with Gasteiger partial charge in [0.15, 0.2) is 17.8 Å². The third-order valence-corrected chi connectivity index (χ3v) is 4.73. The Morgan fingerprint density at radius 2 is 1.83 bits per heavy atom. The van der Waals surface area contributed by atoms with Crippen LogP contribution in [0.4, 0.5) is 0 Å². The van der Waals surface area contributed by atoms with Gasteiger partial charge < -0.3 is 9.73 Å². The Morgan fingerprint density at radius 3 is 2.67 bits per heavy atom. The maximum Gasteiger partial charge on any atom is 0.274 e. The number of oxazole rings is 1. The average molecular weight is 320 g/mol. The normalized spacial score (nSPS) is 15.5. The maximum atomic E-state index is 12.6.